The summed E-state index contributed by atoms with van der Waals surface area (Å²) in [6.45, 7) is 6.77. The second-order valence-electron chi connectivity index (χ2n) is 7.36. The predicted octanol–water partition coefficient (Wildman–Crippen LogP) is 3.53. The van der Waals surface area contributed by atoms with Gasteiger partial charge in [-0.25, -0.2) is 4.79 Å². The average Bonchev–Trinajstić information content (AvgIpc) is 2.54. The molecule has 1 aliphatic heterocycles. The van der Waals surface area contributed by atoms with Crippen LogP contribution < -0.4 is 5.32 Å². The normalized spacial score (nSPS) is 15.4. The second kappa shape index (κ2) is 8.02. The third-order valence-corrected chi connectivity index (χ3v) is 4.02. The summed E-state index contributed by atoms with van der Waals surface area (Å²) in [4.78, 5) is 25.9. The topological polar surface area (TPSA) is 82.4 Å². The number of likely N-dealkylation sites (tertiary alicyclic amines) is 1. The molecular weight excluding hydrogens is 318 g/mol. The van der Waals surface area contributed by atoms with Crippen LogP contribution in [0, 0.1) is 17.2 Å². The molecule has 0 aromatic heterocycles. The minimum absolute atomic E-state index is 0.0641. The van der Waals surface area contributed by atoms with Crippen LogP contribution in [-0.4, -0.2) is 35.6 Å². The van der Waals surface area contributed by atoms with Crippen LogP contribution in [0.4, 0.5) is 10.5 Å². The van der Waals surface area contributed by atoms with Gasteiger partial charge in [0.1, 0.15) is 5.60 Å². The molecule has 1 N–H and O–H groups in total. The van der Waals surface area contributed by atoms with Crippen LogP contribution in [0.25, 0.3) is 0 Å². The summed E-state index contributed by atoms with van der Waals surface area (Å²) in [6.07, 6.45) is 1.69. The molecule has 6 nitrogen and oxygen atoms in total. The fourth-order valence-electron chi connectivity index (χ4n) is 2.79. The maximum atomic E-state index is 12.2. The maximum absolute atomic E-state index is 12.2. The van der Waals surface area contributed by atoms with E-state index in [0.717, 1.165) is 12.8 Å². The molecule has 1 fully saturated rings. The van der Waals surface area contributed by atoms with E-state index < -0.39 is 5.60 Å². The Labute approximate surface area is 148 Å². The predicted molar refractivity (Wildman–Crippen MR) is 94.9 cm³/mol. The molecular formula is C19H25N3O3. The first kappa shape index (κ1) is 18.8. The standard InChI is InChI=1S/C19H25N3O3/c1-19(2,3)25-18(24)22-9-7-14(8-10-22)12-17(23)21-16-6-4-5-15(11-16)13-20/h4-6,11,14H,7-10,12H2,1-3H3,(H,21,23). The van der Waals surface area contributed by atoms with Crippen molar-refractivity contribution in [2.24, 2.45) is 5.92 Å². The van der Waals surface area contributed by atoms with Crippen LogP contribution in [0.5, 0.6) is 0 Å². The van der Waals surface area contributed by atoms with Gasteiger partial charge in [0.25, 0.3) is 0 Å². The van der Waals surface area contributed by atoms with Gasteiger partial charge in [-0.05, 0) is 57.7 Å². The van der Waals surface area contributed by atoms with Crippen molar-refractivity contribution in [2.45, 2.75) is 45.6 Å². The highest BCUT2D eigenvalue weighted by Crippen LogP contribution is 2.23. The van der Waals surface area contributed by atoms with E-state index in [-0.39, 0.29) is 17.9 Å². The highest BCUT2D eigenvalue weighted by atomic mass is 16.6. The number of nitrogens with zero attached hydrogens (tertiary/aromatic N) is 2. The molecule has 2 rings (SSSR count). The molecule has 0 saturated carbocycles. The zero-order valence-electron chi connectivity index (χ0n) is 15.0. The fourth-order valence-corrected chi connectivity index (χ4v) is 2.79. The Morgan fingerprint density at radius 2 is 2.00 bits per heavy atom. The van der Waals surface area contributed by atoms with Crippen LogP contribution in [0.2, 0.25) is 0 Å². The van der Waals surface area contributed by atoms with Crippen molar-refractivity contribution >= 4 is 17.7 Å². The monoisotopic (exact) mass is 343 g/mol. The maximum Gasteiger partial charge on any atom is 0.410 e. The van der Waals surface area contributed by atoms with E-state index in [1.807, 2.05) is 20.8 Å². The highest BCUT2D eigenvalue weighted by molar-refractivity contribution is 5.91. The molecule has 0 aliphatic carbocycles. The van der Waals surface area contributed by atoms with Crippen molar-refractivity contribution in [3.05, 3.63) is 29.8 Å². The number of benzene rings is 1. The van der Waals surface area contributed by atoms with Gasteiger partial charge in [-0.1, -0.05) is 6.07 Å². The van der Waals surface area contributed by atoms with E-state index in [1.54, 1.807) is 29.2 Å². The Hall–Kier alpha value is -2.55. The summed E-state index contributed by atoms with van der Waals surface area (Å²) in [7, 11) is 0. The smallest absolute Gasteiger partial charge is 0.410 e. The van der Waals surface area contributed by atoms with E-state index in [0.29, 0.717) is 30.8 Å². The number of ether oxygens (including phenoxy) is 1. The Morgan fingerprint density at radius 1 is 1.32 bits per heavy atom. The van der Waals surface area contributed by atoms with Gasteiger partial charge in [0, 0.05) is 25.2 Å². The number of rotatable bonds is 3. The lowest BCUT2D eigenvalue weighted by Gasteiger charge is -2.33. The van der Waals surface area contributed by atoms with Crippen LogP contribution >= 0.6 is 0 Å². The van der Waals surface area contributed by atoms with Crippen LogP contribution in [-0.2, 0) is 9.53 Å². The van der Waals surface area contributed by atoms with Crippen molar-refractivity contribution in [2.75, 3.05) is 18.4 Å². The lowest BCUT2D eigenvalue weighted by atomic mass is 9.93. The molecule has 1 saturated heterocycles. The second-order valence-corrected chi connectivity index (χ2v) is 7.36. The Bertz CT molecular complexity index is 665. The molecule has 1 aromatic carbocycles. The number of anilines is 1. The van der Waals surface area contributed by atoms with Gasteiger partial charge in [-0.3, -0.25) is 4.79 Å². The van der Waals surface area contributed by atoms with Crippen LogP contribution in [0.15, 0.2) is 24.3 Å². The van der Waals surface area contributed by atoms with E-state index in [9.17, 15) is 9.59 Å². The van der Waals surface area contributed by atoms with Crippen molar-refractivity contribution in [3.63, 3.8) is 0 Å². The third kappa shape index (κ3) is 6.11. The van der Waals surface area contributed by atoms with Gasteiger partial charge in [-0.15, -0.1) is 0 Å². The molecule has 6 heteroatoms. The summed E-state index contributed by atoms with van der Waals surface area (Å²) in [6, 6.07) is 8.92. The summed E-state index contributed by atoms with van der Waals surface area (Å²) in [5.74, 6) is 0.184. The number of carbonyl (C=O) groups excluding carboxylic acids is 2. The summed E-state index contributed by atoms with van der Waals surface area (Å²) < 4.78 is 5.38. The summed E-state index contributed by atoms with van der Waals surface area (Å²) >= 11 is 0. The van der Waals surface area contributed by atoms with Crippen molar-refractivity contribution in [3.8, 4) is 6.07 Å². The van der Waals surface area contributed by atoms with Gasteiger partial charge in [0.05, 0.1) is 11.6 Å². The SMILES string of the molecule is CC(C)(C)OC(=O)N1CCC(CC(=O)Nc2cccc(C#N)c2)CC1. The minimum Gasteiger partial charge on any atom is -0.444 e. The zero-order valence-corrected chi connectivity index (χ0v) is 15.0. The van der Waals surface area contributed by atoms with Crippen LogP contribution in [0.3, 0.4) is 0 Å². The van der Waals surface area contributed by atoms with E-state index in [4.69, 9.17) is 10.00 Å². The average molecular weight is 343 g/mol. The molecule has 25 heavy (non-hydrogen) atoms. The zero-order chi connectivity index (χ0) is 18.4. The number of nitrogens with one attached hydrogen (secondary N) is 1. The lowest BCUT2D eigenvalue weighted by Crippen LogP contribution is -2.42. The number of nitriles is 1. The fraction of sp³-hybridized carbons (Fsp3) is 0.526. The molecule has 0 spiro atoms. The van der Waals surface area contributed by atoms with Crippen molar-refractivity contribution < 1.29 is 14.3 Å². The van der Waals surface area contributed by atoms with E-state index in [1.165, 1.54) is 0 Å². The molecule has 1 aliphatic rings. The van der Waals surface area contributed by atoms with Gasteiger partial charge < -0.3 is 15.0 Å². The Kier molecular flexibility index (Phi) is 6.02. The van der Waals surface area contributed by atoms with Gasteiger partial charge >= 0.3 is 6.09 Å². The first-order chi connectivity index (χ1) is 11.8. The molecule has 2 amide bonds. The molecule has 134 valence electrons. The minimum atomic E-state index is -0.494. The molecule has 1 aromatic rings. The number of amides is 2. The highest BCUT2D eigenvalue weighted by Gasteiger charge is 2.27. The molecule has 0 radical (unpaired) electrons. The van der Waals surface area contributed by atoms with Gasteiger partial charge in [0.2, 0.25) is 5.91 Å². The number of hydrogen-bond acceptors (Lipinski definition) is 4. The molecule has 1 heterocycles. The van der Waals surface area contributed by atoms with E-state index >= 15 is 0 Å². The van der Waals surface area contributed by atoms with Gasteiger partial charge in [0.15, 0.2) is 0 Å². The summed E-state index contributed by atoms with van der Waals surface area (Å²) in [5.41, 5.74) is 0.657. The lowest BCUT2D eigenvalue weighted by molar-refractivity contribution is -0.117. The van der Waals surface area contributed by atoms with Crippen molar-refractivity contribution in [1.29, 1.82) is 5.26 Å². The van der Waals surface area contributed by atoms with Crippen molar-refractivity contribution in [1.82, 2.24) is 4.90 Å². The quantitative estimate of drug-likeness (QED) is 0.910. The molecule has 0 bridgehead atoms. The third-order valence-electron chi connectivity index (χ3n) is 4.02. The first-order valence-electron chi connectivity index (χ1n) is 8.55. The Morgan fingerprint density at radius 3 is 2.60 bits per heavy atom. The number of piperidine rings is 1. The number of carbonyl (C=O) groups is 2. The number of hydrogen-bond donors (Lipinski definition) is 1. The first-order valence-corrected chi connectivity index (χ1v) is 8.55. The summed E-state index contributed by atoms with van der Waals surface area (Å²) in [5, 5.41) is 11.7. The molecule has 0 unspecified atom stereocenters. The van der Waals surface area contributed by atoms with E-state index in [2.05, 4.69) is 11.4 Å². The largest absolute Gasteiger partial charge is 0.444 e. The Balaban J connectivity index is 1.78. The molecule has 0 atom stereocenters. The van der Waals surface area contributed by atoms with Gasteiger partial charge in [-0.2, -0.15) is 5.26 Å². The van der Waals surface area contributed by atoms with Crippen LogP contribution in [0.1, 0.15) is 45.6 Å².